The van der Waals surface area contributed by atoms with Crippen molar-refractivity contribution in [3.8, 4) is 5.75 Å². The molecule has 1 aliphatic heterocycles. The summed E-state index contributed by atoms with van der Waals surface area (Å²) in [6, 6.07) is 4.74. The van der Waals surface area contributed by atoms with Crippen LogP contribution in [0.3, 0.4) is 0 Å². The first kappa shape index (κ1) is 21.4. The zero-order chi connectivity index (χ0) is 20.4. The number of hydrogen-bond acceptors (Lipinski definition) is 5. The molecule has 2 atom stereocenters. The highest BCUT2D eigenvalue weighted by molar-refractivity contribution is 7.89. The number of ether oxygens (including phenoxy) is 2. The molecule has 9 heteroatoms. The highest BCUT2D eigenvalue weighted by Crippen LogP contribution is 2.47. The minimum Gasteiger partial charge on any atom is -0.495 e. The van der Waals surface area contributed by atoms with Crippen LogP contribution in [0.1, 0.15) is 32.1 Å². The van der Waals surface area contributed by atoms with Gasteiger partial charge in [0.05, 0.1) is 29.9 Å². The molecule has 0 spiro atoms. The minimum atomic E-state index is -3.39. The van der Waals surface area contributed by atoms with Crippen LogP contribution in [0, 0.1) is 5.41 Å². The molecule has 0 bridgehead atoms. The van der Waals surface area contributed by atoms with E-state index in [4.69, 9.17) is 21.1 Å². The van der Waals surface area contributed by atoms with Crippen LogP contribution in [0.25, 0.3) is 0 Å². The van der Waals surface area contributed by atoms with E-state index in [0.717, 1.165) is 12.8 Å². The third-order valence-corrected chi connectivity index (χ3v) is 8.04. The molecule has 1 N–H and O–H groups in total. The molecule has 1 aromatic rings. The molecule has 28 heavy (non-hydrogen) atoms. The maximum absolute atomic E-state index is 13.4. The molecule has 1 aliphatic carbocycles. The number of halogens is 1. The smallest absolute Gasteiger partial charge is 0.232 e. The van der Waals surface area contributed by atoms with E-state index in [2.05, 4.69) is 5.32 Å². The van der Waals surface area contributed by atoms with Crippen molar-refractivity contribution in [2.45, 2.75) is 38.1 Å². The molecular weight excluding hydrogens is 404 g/mol. The second-order valence-electron chi connectivity index (χ2n) is 7.39. The third kappa shape index (κ3) is 4.01. The number of amides is 1. The molecule has 1 saturated carbocycles. The monoisotopic (exact) mass is 430 g/mol. The summed E-state index contributed by atoms with van der Waals surface area (Å²) in [7, 11) is -0.314. The van der Waals surface area contributed by atoms with E-state index in [0.29, 0.717) is 42.3 Å². The molecule has 0 aromatic heterocycles. The maximum Gasteiger partial charge on any atom is 0.232 e. The van der Waals surface area contributed by atoms with Gasteiger partial charge in [-0.15, -0.1) is 0 Å². The molecule has 3 rings (SSSR count). The van der Waals surface area contributed by atoms with Crippen LogP contribution >= 0.6 is 11.6 Å². The Morgan fingerprint density at radius 1 is 1.32 bits per heavy atom. The van der Waals surface area contributed by atoms with E-state index in [1.807, 2.05) is 0 Å². The number of sulfonamides is 1. The highest BCUT2D eigenvalue weighted by Gasteiger charge is 2.55. The Balaban J connectivity index is 1.88. The molecule has 0 radical (unpaired) electrons. The van der Waals surface area contributed by atoms with Gasteiger partial charge in [0.2, 0.25) is 15.9 Å². The van der Waals surface area contributed by atoms with Crippen LogP contribution in [0.5, 0.6) is 5.75 Å². The van der Waals surface area contributed by atoms with Gasteiger partial charge in [0.15, 0.2) is 0 Å². The largest absolute Gasteiger partial charge is 0.495 e. The number of carbonyl (C=O) groups excluding carboxylic acids is 1. The van der Waals surface area contributed by atoms with Crippen molar-refractivity contribution in [1.29, 1.82) is 0 Å². The molecule has 1 aromatic carbocycles. The summed E-state index contributed by atoms with van der Waals surface area (Å²) >= 11 is 6.17. The van der Waals surface area contributed by atoms with E-state index in [1.54, 1.807) is 25.3 Å². The quantitative estimate of drug-likeness (QED) is 0.750. The number of carbonyl (C=O) groups is 1. The van der Waals surface area contributed by atoms with Gasteiger partial charge in [0.25, 0.3) is 0 Å². The van der Waals surface area contributed by atoms with Gasteiger partial charge >= 0.3 is 0 Å². The van der Waals surface area contributed by atoms with Crippen molar-refractivity contribution in [2.75, 3.05) is 38.4 Å². The van der Waals surface area contributed by atoms with Gasteiger partial charge in [-0.2, -0.15) is 4.31 Å². The van der Waals surface area contributed by atoms with Crippen LogP contribution < -0.4 is 10.1 Å². The van der Waals surface area contributed by atoms with Gasteiger partial charge in [-0.1, -0.05) is 24.4 Å². The van der Waals surface area contributed by atoms with Gasteiger partial charge < -0.3 is 14.8 Å². The normalized spacial score (nSPS) is 27.0. The van der Waals surface area contributed by atoms with E-state index >= 15 is 0 Å². The zero-order valence-corrected chi connectivity index (χ0v) is 17.8. The van der Waals surface area contributed by atoms with Crippen LogP contribution in [0.15, 0.2) is 18.2 Å². The van der Waals surface area contributed by atoms with Gasteiger partial charge in [-0.05, 0) is 37.5 Å². The number of fused-ring (bicyclic) bond motifs is 1. The predicted octanol–water partition coefficient (Wildman–Crippen LogP) is 2.90. The molecule has 2 aliphatic rings. The second-order valence-corrected chi connectivity index (χ2v) is 9.84. The topological polar surface area (TPSA) is 84.9 Å². The lowest BCUT2D eigenvalue weighted by atomic mass is 9.67. The molecule has 7 nitrogen and oxygen atoms in total. The van der Waals surface area contributed by atoms with Crippen LogP contribution in [0.4, 0.5) is 5.69 Å². The fourth-order valence-electron chi connectivity index (χ4n) is 4.41. The fourth-order valence-corrected chi connectivity index (χ4v) is 6.57. The van der Waals surface area contributed by atoms with E-state index in [-0.39, 0.29) is 24.2 Å². The fraction of sp³-hybridized carbons (Fsp3) is 0.632. The Hall–Kier alpha value is -1.35. The van der Waals surface area contributed by atoms with Gasteiger partial charge in [-0.25, -0.2) is 8.42 Å². The predicted molar refractivity (Wildman–Crippen MR) is 108 cm³/mol. The Bertz CT molecular complexity index is 832. The number of benzene rings is 1. The van der Waals surface area contributed by atoms with Crippen LogP contribution in [-0.4, -0.2) is 57.8 Å². The Kier molecular flexibility index (Phi) is 6.54. The van der Waals surface area contributed by atoms with Crippen molar-refractivity contribution in [2.24, 2.45) is 5.41 Å². The molecule has 0 unspecified atom stereocenters. The van der Waals surface area contributed by atoms with E-state index in [1.165, 1.54) is 11.4 Å². The standard InChI is InChI=1S/C19H27ClN2O5S/c1-26-11-10-22-17-5-3-4-8-19(17,9-12-28(22,24)25)18(23)21-14-6-7-16(27-2)15(20)13-14/h6-7,13,17H,3-5,8-12H2,1-2H3,(H,21,23)/t17-,19-/m1/s1. The SMILES string of the molecule is COCCN1[C@@H]2CCCC[C@@]2(C(=O)Nc2ccc(OC)c(Cl)c2)CCS1(=O)=O. The first-order valence-electron chi connectivity index (χ1n) is 9.47. The van der Waals surface area contributed by atoms with Crippen molar-refractivity contribution >= 4 is 33.2 Å². The molecular formula is C19H27ClN2O5S. The van der Waals surface area contributed by atoms with Crippen LogP contribution in [-0.2, 0) is 19.6 Å². The summed E-state index contributed by atoms with van der Waals surface area (Å²) < 4.78 is 37.1. The Labute approximate surface area is 171 Å². The first-order chi connectivity index (χ1) is 13.3. The van der Waals surface area contributed by atoms with Crippen molar-refractivity contribution in [3.05, 3.63) is 23.2 Å². The number of rotatable bonds is 6. The zero-order valence-electron chi connectivity index (χ0n) is 16.2. The lowest BCUT2D eigenvalue weighted by Gasteiger charge is -2.50. The first-order valence-corrected chi connectivity index (χ1v) is 11.5. The van der Waals surface area contributed by atoms with Crippen molar-refractivity contribution < 1.29 is 22.7 Å². The minimum absolute atomic E-state index is 0.0238. The number of nitrogens with zero attached hydrogens (tertiary/aromatic N) is 1. The molecule has 1 saturated heterocycles. The molecule has 156 valence electrons. The average Bonchev–Trinajstić information content (AvgIpc) is 2.67. The molecule has 1 heterocycles. The highest BCUT2D eigenvalue weighted by atomic mass is 35.5. The number of hydrogen-bond donors (Lipinski definition) is 1. The van der Waals surface area contributed by atoms with Gasteiger partial charge in [0, 0.05) is 25.4 Å². The Morgan fingerprint density at radius 2 is 2.11 bits per heavy atom. The summed E-state index contributed by atoms with van der Waals surface area (Å²) in [6.45, 7) is 0.578. The summed E-state index contributed by atoms with van der Waals surface area (Å²) in [5, 5.41) is 3.37. The van der Waals surface area contributed by atoms with Gasteiger partial charge in [0.1, 0.15) is 5.75 Å². The van der Waals surface area contributed by atoms with Crippen LogP contribution in [0.2, 0.25) is 5.02 Å². The van der Waals surface area contributed by atoms with Crippen molar-refractivity contribution in [3.63, 3.8) is 0 Å². The van der Waals surface area contributed by atoms with E-state index < -0.39 is 15.4 Å². The summed E-state index contributed by atoms with van der Waals surface area (Å²) in [4.78, 5) is 13.4. The lowest BCUT2D eigenvalue weighted by molar-refractivity contribution is -0.132. The lowest BCUT2D eigenvalue weighted by Crippen LogP contribution is -2.62. The summed E-state index contributed by atoms with van der Waals surface area (Å²) in [6.07, 6.45) is 3.50. The van der Waals surface area contributed by atoms with Crippen molar-refractivity contribution in [1.82, 2.24) is 4.31 Å². The number of methoxy groups -OCH3 is 2. The molecule has 1 amide bonds. The summed E-state index contributed by atoms with van der Waals surface area (Å²) in [5.41, 5.74) is -0.157. The Morgan fingerprint density at radius 3 is 2.79 bits per heavy atom. The average molecular weight is 431 g/mol. The number of nitrogens with one attached hydrogen (secondary N) is 1. The molecule has 2 fully saturated rings. The third-order valence-electron chi connectivity index (χ3n) is 5.88. The maximum atomic E-state index is 13.4. The number of anilines is 1. The second kappa shape index (κ2) is 8.57. The van der Waals surface area contributed by atoms with E-state index in [9.17, 15) is 13.2 Å². The van der Waals surface area contributed by atoms with Gasteiger partial charge in [-0.3, -0.25) is 4.79 Å². The summed E-state index contributed by atoms with van der Waals surface area (Å²) in [5.74, 6) is 0.364.